The molecule has 1 fully saturated rings. The molecule has 0 radical (unpaired) electrons. The molecule has 0 saturated heterocycles. The van der Waals surface area contributed by atoms with Crippen LogP contribution >= 0.6 is 0 Å². The van der Waals surface area contributed by atoms with Crippen molar-refractivity contribution in [2.45, 2.75) is 71.3 Å². The van der Waals surface area contributed by atoms with Gasteiger partial charge in [0.1, 0.15) is 0 Å². The minimum atomic E-state index is -0.301. The zero-order valence-electron chi connectivity index (χ0n) is 13.2. The summed E-state index contributed by atoms with van der Waals surface area (Å²) >= 11 is 0. The zero-order chi connectivity index (χ0) is 14.6. The number of aryl methyl sites for hydroxylation is 2. The van der Waals surface area contributed by atoms with Gasteiger partial charge in [-0.3, -0.25) is 0 Å². The van der Waals surface area contributed by atoms with Crippen LogP contribution < -0.4 is 0 Å². The van der Waals surface area contributed by atoms with E-state index in [0.717, 1.165) is 38.5 Å². The van der Waals surface area contributed by atoms with Crippen molar-refractivity contribution in [3.63, 3.8) is 0 Å². The molecule has 0 heterocycles. The lowest BCUT2D eigenvalue weighted by molar-refractivity contribution is 0.137. The average Bonchev–Trinajstić information content (AvgIpc) is 3.16. The minimum absolute atomic E-state index is 0.301. The molecule has 2 rings (SSSR count). The van der Waals surface area contributed by atoms with Gasteiger partial charge in [0, 0.05) is 0 Å². The first-order valence-electron chi connectivity index (χ1n) is 8.05. The molecule has 1 heteroatoms. The summed E-state index contributed by atoms with van der Waals surface area (Å²) in [5.41, 5.74) is 5.36. The lowest BCUT2D eigenvalue weighted by Crippen LogP contribution is -2.06. The van der Waals surface area contributed by atoms with E-state index in [-0.39, 0.29) is 5.60 Å². The van der Waals surface area contributed by atoms with E-state index in [2.05, 4.69) is 45.0 Å². The van der Waals surface area contributed by atoms with Crippen molar-refractivity contribution in [1.82, 2.24) is 0 Å². The van der Waals surface area contributed by atoms with Gasteiger partial charge in [0.05, 0.1) is 5.60 Å². The standard InChI is InChI=1S/C19H28O/c1-4-7-17(5-2)18-14-16(10-9-15(18)3)8-6-11-19(20)12-13-19/h5,9-10,14,20H,4,6-8,11-13H2,1-3H3/b17-5-. The third kappa shape index (κ3) is 3.96. The summed E-state index contributed by atoms with van der Waals surface area (Å²) in [6, 6.07) is 6.85. The Labute approximate surface area is 123 Å². The molecular weight excluding hydrogens is 244 g/mol. The van der Waals surface area contributed by atoms with Gasteiger partial charge in [-0.1, -0.05) is 37.6 Å². The normalized spacial score (nSPS) is 17.3. The Morgan fingerprint density at radius 2 is 2.10 bits per heavy atom. The van der Waals surface area contributed by atoms with E-state index < -0.39 is 0 Å². The van der Waals surface area contributed by atoms with Gasteiger partial charge in [-0.2, -0.15) is 0 Å². The second-order valence-electron chi connectivity index (χ2n) is 6.29. The summed E-state index contributed by atoms with van der Waals surface area (Å²) in [6.45, 7) is 6.57. The maximum absolute atomic E-state index is 9.89. The SMILES string of the molecule is C/C=C(/CCC)c1cc(CCCC2(O)CC2)ccc1C. The Bertz CT molecular complexity index is 481. The summed E-state index contributed by atoms with van der Waals surface area (Å²) in [4.78, 5) is 0. The fraction of sp³-hybridized carbons (Fsp3) is 0.579. The van der Waals surface area contributed by atoms with Crippen LogP contribution in [0, 0.1) is 6.92 Å². The molecule has 0 amide bonds. The number of benzene rings is 1. The first-order valence-corrected chi connectivity index (χ1v) is 8.05. The average molecular weight is 272 g/mol. The molecule has 1 aromatic rings. The predicted octanol–water partition coefficient (Wildman–Crippen LogP) is 5.05. The third-order valence-electron chi connectivity index (χ3n) is 4.45. The van der Waals surface area contributed by atoms with Crippen LogP contribution in [0.15, 0.2) is 24.3 Å². The van der Waals surface area contributed by atoms with E-state index in [0.29, 0.717) is 0 Å². The number of hydrogen-bond donors (Lipinski definition) is 1. The Balaban J connectivity index is 2.03. The minimum Gasteiger partial charge on any atom is -0.390 e. The highest BCUT2D eigenvalue weighted by Gasteiger charge is 2.39. The fourth-order valence-electron chi connectivity index (χ4n) is 2.89. The van der Waals surface area contributed by atoms with Crippen molar-refractivity contribution in [2.24, 2.45) is 0 Å². The molecule has 0 spiro atoms. The summed E-state index contributed by atoms with van der Waals surface area (Å²) in [7, 11) is 0. The Morgan fingerprint density at radius 3 is 2.70 bits per heavy atom. The van der Waals surface area contributed by atoms with Gasteiger partial charge in [0.15, 0.2) is 0 Å². The number of rotatable bonds is 7. The monoisotopic (exact) mass is 272 g/mol. The van der Waals surface area contributed by atoms with E-state index in [4.69, 9.17) is 0 Å². The summed E-state index contributed by atoms with van der Waals surface area (Å²) in [6.07, 6.45) is 9.74. The smallest absolute Gasteiger partial charge is 0.0650 e. The second kappa shape index (κ2) is 6.58. The molecule has 1 aromatic carbocycles. The van der Waals surface area contributed by atoms with Crippen molar-refractivity contribution in [3.8, 4) is 0 Å². The van der Waals surface area contributed by atoms with E-state index in [1.165, 1.54) is 28.7 Å². The third-order valence-corrected chi connectivity index (χ3v) is 4.45. The Morgan fingerprint density at radius 1 is 1.35 bits per heavy atom. The number of hydrogen-bond acceptors (Lipinski definition) is 1. The first kappa shape index (κ1) is 15.3. The molecule has 0 atom stereocenters. The Kier molecular flexibility index (Phi) is 5.04. The van der Waals surface area contributed by atoms with E-state index in [1.807, 2.05) is 0 Å². The molecule has 1 aliphatic rings. The van der Waals surface area contributed by atoms with E-state index in [9.17, 15) is 5.11 Å². The lowest BCUT2D eigenvalue weighted by atomic mass is 9.93. The summed E-state index contributed by atoms with van der Waals surface area (Å²) in [5, 5.41) is 9.89. The lowest BCUT2D eigenvalue weighted by Gasteiger charge is -2.13. The van der Waals surface area contributed by atoms with Crippen molar-refractivity contribution in [3.05, 3.63) is 41.0 Å². The van der Waals surface area contributed by atoms with Gasteiger partial charge in [-0.15, -0.1) is 0 Å². The van der Waals surface area contributed by atoms with Crippen LogP contribution in [0.25, 0.3) is 5.57 Å². The van der Waals surface area contributed by atoms with Crippen molar-refractivity contribution in [2.75, 3.05) is 0 Å². The highest BCUT2D eigenvalue weighted by atomic mass is 16.3. The maximum atomic E-state index is 9.89. The molecular formula is C19H28O. The van der Waals surface area contributed by atoms with Crippen molar-refractivity contribution < 1.29 is 5.11 Å². The van der Waals surface area contributed by atoms with Crippen LogP contribution in [0.4, 0.5) is 0 Å². The molecule has 1 nitrogen and oxygen atoms in total. The summed E-state index contributed by atoms with van der Waals surface area (Å²) < 4.78 is 0. The number of allylic oxidation sites excluding steroid dienone is 2. The molecule has 0 aromatic heterocycles. The van der Waals surface area contributed by atoms with Gasteiger partial charge >= 0.3 is 0 Å². The van der Waals surface area contributed by atoms with E-state index in [1.54, 1.807) is 0 Å². The Hall–Kier alpha value is -1.08. The molecule has 0 unspecified atom stereocenters. The molecule has 1 saturated carbocycles. The molecule has 0 bridgehead atoms. The van der Waals surface area contributed by atoms with E-state index >= 15 is 0 Å². The fourth-order valence-corrected chi connectivity index (χ4v) is 2.89. The van der Waals surface area contributed by atoms with Gasteiger partial charge in [0.25, 0.3) is 0 Å². The van der Waals surface area contributed by atoms with Gasteiger partial charge in [0.2, 0.25) is 0 Å². The molecule has 110 valence electrons. The topological polar surface area (TPSA) is 20.2 Å². The van der Waals surface area contributed by atoms with Crippen LogP contribution in [0.5, 0.6) is 0 Å². The highest BCUT2D eigenvalue weighted by Crippen LogP contribution is 2.39. The van der Waals surface area contributed by atoms with Gasteiger partial charge in [-0.25, -0.2) is 0 Å². The van der Waals surface area contributed by atoms with Crippen LogP contribution in [0.1, 0.15) is 69.1 Å². The maximum Gasteiger partial charge on any atom is 0.0650 e. The second-order valence-corrected chi connectivity index (χ2v) is 6.29. The molecule has 0 aliphatic heterocycles. The van der Waals surface area contributed by atoms with Crippen LogP contribution in [-0.2, 0) is 6.42 Å². The molecule has 1 N–H and O–H groups in total. The number of aliphatic hydroxyl groups is 1. The predicted molar refractivity (Wildman–Crippen MR) is 86.9 cm³/mol. The van der Waals surface area contributed by atoms with Gasteiger partial charge in [-0.05, 0) is 74.6 Å². The zero-order valence-corrected chi connectivity index (χ0v) is 13.2. The van der Waals surface area contributed by atoms with Crippen LogP contribution in [0.3, 0.4) is 0 Å². The van der Waals surface area contributed by atoms with Crippen molar-refractivity contribution in [1.29, 1.82) is 0 Å². The quantitative estimate of drug-likeness (QED) is 0.736. The molecule has 1 aliphatic carbocycles. The van der Waals surface area contributed by atoms with Gasteiger partial charge < -0.3 is 5.11 Å². The summed E-state index contributed by atoms with van der Waals surface area (Å²) in [5.74, 6) is 0. The van der Waals surface area contributed by atoms with Crippen LogP contribution in [-0.4, -0.2) is 10.7 Å². The van der Waals surface area contributed by atoms with Crippen LogP contribution in [0.2, 0.25) is 0 Å². The largest absolute Gasteiger partial charge is 0.390 e. The van der Waals surface area contributed by atoms with Crippen molar-refractivity contribution >= 4 is 5.57 Å². The molecule has 20 heavy (non-hydrogen) atoms. The first-order chi connectivity index (χ1) is 9.58. The highest BCUT2D eigenvalue weighted by molar-refractivity contribution is 5.68.